The zero-order valence-corrected chi connectivity index (χ0v) is 25.9. The Labute approximate surface area is 263 Å². The van der Waals surface area contributed by atoms with Crippen LogP contribution in [-0.4, -0.2) is 26.4 Å². The lowest BCUT2D eigenvalue weighted by Gasteiger charge is -2.13. The topological polar surface area (TPSA) is 54.1 Å². The summed E-state index contributed by atoms with van der Waals surface area (Å²) in [6, 6.07) is 33.2. The summed E-state index contributed by atoms with van der Waals surface area (Å²) < 4.78 is 16.1. The van der Waals surface area contributed by atoms with Crippen LogP contribution in [0.1, 0.15) is 37.8 Å². The van der Waals surface area contributed by atoms with Crippen molar-refractivity contribution in [2.45, 2.75) is 39.5 Å². The maximum atomic E-state index is 6.47. The van der Waals surface area contributed by atoms with Gasteiger partial charge in [-0.1, -0.05) is 69.2 Å². The van der Waals surface area contributed by atoms with Gasteiger partial charge in [0.2, 0.25) is 0 Å². The minimum absolute atomic E-state index is 0.740. The summed E-state index contributed by atoms with van der Waals surface area (Å²) in [4.78, 5) is 4.68. The van der Waals surface area contributed by atoms with Gasteiger partial charge in [-0.05, 0) is 65.9 Å². The lowest BCUT2D eigenvalue weighted by molar-refractivity contribution is 0.414. The van der Waals surface area contributed by atoms with Crippen molar-refractivity contribution >= 4 is 21.8 Å². The first-order valence-corrected chi connectivity index (χ1v) is 15.6. The highest BCUT2D eigenvalue weighted by Crippen LogP contribution is 2.36. The average molecular weight is 593 g/mol. The molecule has 7 rings (SSSR count). The van der Waals surface area contributed by atoms with E-state index in [1.54, 1.807) is 13.3 Å². The molecule has 0 unspecified atom stereocenters. The van der Waals surface area contributed by atoms with Crippen molar-refractivity contribution in [2.75, 3.05) is 7.11 Å². The van der Waals surface area contributed by atoms with E-state index >= 15 is 0 Å². The number of nitrogens with zero attached hydrogens (tertiary/aromatic N) is 4. The maximum absolute atomic E-state index is 6.47. The quantitative estimate of drug-likeness (QED) is 0.159. The van der Waals surface area contributed by atoms with Crippen LogP contribution in [0.5, 0.6) is 17.2 Å². The van der Waals surface area contributed by atoms with E-state index in [4.69, 9.17) is 14.6 Å². The van der Waals surface area contributed by atoms with Gasteiger partial charge in [0.05, 0.1) is 30.0 Å². The van der Waals surface area contributed by atoms with Crippen molar-refractivity contribution in [3.05, 3.63) is 127 Å². The molecule has 0 N–H and O–H groups in total. The van der Waals surface area contributed by atoms with E-state index in [2.05, 4.69) is 90.3 Å². The van der Waals surface area contributed by atoms with Gasteiger partial charge >= 0.3 is 0 Å². The molecule has 0 aliphatic heterocycles. The van der Waals surface area contributed by atoms with E-state index in [-0.39, 0.29) is 0 Å². The molecule has 0 aliphatic carbocycles. The van der Waals surface area contributed by atoms with Crippen LogP contribution >= 0.6 is 0 Å². The van der Waals surface area contributed by atoms with Crippen molar-refractivity contribution in [3.8, 4) is 39.9 Å². The van der Waals surface area contributed by atoms with Gasteiger partial charge in [-0.25, -0.2) is 9.67 Å². The fourth-order valence-electron chi connectivity index (χ4n) is 6.31. The lowest BCUT2D eigenvalue weighted by atomic mass is 9.92. The van der Waals surface area contributed by atoms with E-state index in [0.29, 0.717) is 0 Å². The molecule has 0 bridgehead atoms. The number of hydrogen-bond donors (Lipinski definition) is 0. The van der Waals surface area contributed by atoms with Crippen molar-refractivity contribution in [1.82, 2.24) is 19.3 Å². The monoisotopic (exact) mass is 592 g/mol. The Morgan fingerprint density at radius 2 is 1.44 bits per heavy atom. The van der Waals surface area contributed by atoms with E-state index in [0.717, 1.165) is 81.8 Å². The predicted molar refractivity (Wildman–Crippen MR) is 182 cm³/mol. The number of benzene rings is 4. The van der Waals surface area contributed by atoms with Crippen molar-refractivity contribution in [2.24, 2.45) is 0 Å². The number of methoxy groups -OCH3 is 1. The van der Waals surface area contributed by atoms with Gasteiger partial charge in [0.1, 0.15) is 23.1 Å². The number of hydrogen-bond acceptors (Lipinski definition) is 4. The number of pyridine rings is 1. The summed E-state index contributed by atoms with van der Waals surface area (Å²) in [5, 5.41) is 7.06. The molecule has 45 heavy (non-hydrogen) atoms. The summed E-state index contributed by atoms with van der Waals surface area (Å²) in [5.74, 6) is 3.03. The van der Waals surface area contributed by atoms with Gasteiger partial charge < -0.3 is 9.47 Å². The molecule has 4 aromatic carbocycles. The molecule has 0 fully saturated rings. The summed E-state index contributed by atoms with van der Waals surface area (Å²) >= 11 is 0. The SMILES string of the molecule is CCCc1cccc(CCC)c1-c1cnn(-c2cccc(Oc3ccc4c5ccccc5n(-c5cc(OC)ccn5)c4c3)c2)c1. The van der Waals surface area contributed by atoms with Crippen LogP contribution in [-0.2, 0) is 12.8 Å². The first-order chi connectivity index (χ1) is 22.2. The second-order valence-corrected chi connectivity index (χ2v) is 11.3. The van der Waals surface area contributed by atoms with Crippen LogP contribution in [0.25, 0.3) is 44.4 Å². The zero-order chi connectivity index (χ0) is 30.8. The molecule has 6 heteroatoms. The van der Waals surface area contributed by atoms with E-state index in [1.807, 2.05) is 47.3 Å². The lowest BCUT2D eigenvalue weighted by Crippen LogP contribution is -1.98. The van der Waals surface area contributed by atoms with Crippen molar-refractivity contribution < 1.29 is 9.47 Å². The highest BCUT2D eigenvalue weighted by molar-refractivity contribution is 6.09. The second-order valence-electron chi connectivity index (χ2n) is 11.3. The number of rotatable bonds is 10. The summed E-state index contributed by atoms with van der Waals surface area (Å²) in [5.41, 5.74) is 8.28. The maximum Gasteiger partial charge on any atom is 0.141 e. The smallest absolute Gasteiger partial charge is 0.141 e. The van der Waals surface area contributed by atoms with Gasteiger partial charge in [-0.2, -0.15) is 5.10 Å². The van der Waals surface area contributed by atoms with Crippen LogP contribution < -0.4 is 9.47 Å². The molecule has 0 saturated carbocycles. The number of ether oxygens (including phenoxy) is 2. The minimum atomic E-state index is 0.740. The van der Waals surface area contributed by atoms with Gasteiger partial charge in [0.15, 0.2) is 0 Å². The highest BCUT2D eigenvalue weighted by Gasteiger charge is 2.16. The van der Waals surface area contributed by atoms with Crippen molar-refractivity contribution in [1.29, 1.82) is 0 Å². The third kappa shape index (κ3) is 5.44. The molecule has 6 nitrogen and oxygen atoms in total. The fourth-order valence-corrected chi connectivity index (χ4v) is 6.31. The first-order valence-electron chi connectivity index (χ1n) is 15.6. The first kappa shape index (κ1) is 28.4. The molecule has 3 aromatic heterocycles. The van der Waals surface area contributed by atoms with Gasteiger partial charge in [-0.15, -0.1) is 0 Å². The minimum Gasteiger partial charge on any atom is -0.497 e. The average Bonchev–Trinajstić information content (AvgIpc) is 3.69. The normalized spacial score (nSPS) is 11.4. The number of fused-ring (bicyclic) bond motifs is 3. The van der Waals surface area contributed by atoms with E-state index in [1.165, 1.54) is 16.7 Å². The molecule has 7 aromatic rings. The molecule has 0 radical (unpaired) electrons. The highest BCUT2D eigenvalue weighted by atomic mass is 16.5. The van der Waals surface area contributed by atoms with Gasteiger partial charge in [0, 0.05) is 46.9 Å². The summed E-state index contributed by atoms with van der Waals surface area (Å²) in [6.07, 6.45) is 10.2. The van der Waals surface area contributed by atoms with Crippen LogP contribution in [0.2, 0.25) is 0 Å². The van der Waals surface area contributed by atoms with Crippen LogP contribution in [0.4, 0.5) is 0 Å². The van der Waals surface area contributed by atoms with Crippen LogP contribution in [0.15, 0.2) is 116 Å². The van der Waals surface area contributed by atoms with Gasteiger partial charge in [0.25, 0.3) is 0 Å². The molecule has 0 atom stereocenters. The molecule has 0 spiro atoms. The standard InChI is InChI=1S/C39H36N4O2/c1-4-10-27-12-8-13-28(11-5-2)39(27)29-25-41-42(26-29)30-14-9-15-32(22-30)45-33-18-19-35-34-16-6-7-17-36(34)43(37(35)23-33)38-24-31(44-3)20-21-40-38/h6-9,12-26H,4-5,10-11H2,1-3H3. The molecule has 0 aliphatic rings. The third-order valence-electron chi connectivity index (χ3n) is 8.29. The number of aryl methyl sites for hydroxylation is 2. The largest absolute Gasteiger partial charge is 0.497 e. The van der Waals surface area contributed by atoms with E-state index in [9.17, 15) is 0 Å². The van der Waals surface area contributed by atoms with Gasteiger partial charge in [-0.3, -0.25) is 4.57 Å². The molecule has 224 valence electrons. The number of para-hydroxylation sites is 1. The molecule has 0 saturated heterocycles. The summed E-state index contributed by atoms with van der Waals surface area (Å²) in [6.45, 7) is 4.47. The third-order valence-corrected chi connectivity index (χ3v) is 8.29. The molecular formula is C39H36N4O2. The van der Waals surface area contributed by atoms with Crippen LogP contribution in [0.3, 0.4) is 0 Å². The number of aromatic nitrogens is 4. The Hall–Kier alpha value is -5.36. The molecule has 0 amide bonds. The molecule has 3 heterocycles. The Morgan fingerprint density at radius 3 is 2.24 bits per heavy atom. The Kier molecular flexibility index (Phi) is 7.78. The zero-order valence-electron chi connectivity index (χ0n) is 25.9. The van der Waals surface area contributed by atoms with Crippen molar-refractivity contribution in [3.63, 3.8) is 0 Å². The Morgan fingerprint density at radius 1 is 0.689 bits per heavy atom. The molecular weight excluding hydrogens is 556 g/mol. The second kappa shape index (κ2) is 12.3. The predicted octanol–water partition coefficient (Wildman–Crippen LogP) is 9.74. The fraction of sp³-hybridized carbons (Fsp3) is 0.179. The Bertz CT molecular complexity index is 2100. The van der Waals surface area contributed by atoms with E-state index < -0.39 is 0 Å². The summed E-state index contributed by atoms with van der Waals surface area (Å²) in [7, 11) is 1.67. The Balaban J connectivity index is 1.23. The van der Waals surface area contributed by atoms with Crippen LogP contribution in [0, 0.1) is 0 Å².